The highest BCUT2D eigenvalue weighted by Gasteiger charge is 2.22. The lowest BCUT2D eigenvalue weighted by Crippen LogP contribution is -2.29. The Kier molecular flexibility index (Phi) is 2.85. The molecule has 0 aliphatic carbocycles. The summed E-state index contributed by atoms with van der Waals surface area (Å²) in [6.07, 6.45) is 2.02. The van der Waals surface area contributed by atoms with Crippen molar-refractivity contribution in [1.29, 1.82) is 0 Å². The van der Waals surface area contributed by atoms with Gasteiger partial charge in [-0.3, -0.25) is 0 Å². The molecule has 0 atom stereocenters. The summed E-state index contributed by atoms with van der Waals surface area (Å²) in [6.45, 7) is 4.03. The van der Waals surface area contributed by atoms with Crippen molar-refractivity contribution < 1.29 is 5.11 Å². The molecule has 4 heteroatoms. The lowest BCUT2D eigenvalue weighted by Gasteiger charge is -2.31. The zero-order valence-corrected chi connectivity index (χ0v) is 10.9. The molecule has 1 N–H and O–H groups in total. The normalized spacial score (nSPS) is 13.8. The van der Waals surface area contributed by atoms with Gasteiger partial charge in [-0.2, -0.15) is 0 Å². The fourth-order valence-electron chi connectivity index (χ4n) is 2.91. The van der Waals surface area contributed by atoms with Gasteiger partial charge < -0.3 is 10.0 Å². The van der Waals surface area contributed by atoms with Crippen molar-refractivity contribution >= 4 is 22.1 Å². The molecule has 1 aliphatic heterocycles. The monoisotopic (exact) mass is 256 g/mol. The summed E-state index contributed by atoms with van der Waals surface area (Å²) < 4.78 is 0. The Morgan fingerprint density at radius 2 is 2.26 bits per heavy atom. The molecule has 0 saturated carbocycles. The van der Waals surface area contributed by atoms with E-state index in [0.717, 1.165) is 42.4 Å². The van der Waals surface area contributed by atoms with Crippen LogP contribution in [0.25, 0.3) is 10.8 Å². The molecule has 98 valence electrons. The maximum absolute atomic E-state index is 10.9. The number of aromatic hydroxyl groups is 1. The van der Waals surface area contributed by atoms with Crippen LogP contribution in [0.5, 0.6) is 5.75 Å². The fraction of sp³-hybridized carbons (Fsp3) is 0.333. The Hall–Kier alpha value is -2.10. The molecule has 0 bridgehead atoms. The number of hydrogen-bond donors (Lipinski definition) is 1. The topological polar surface area (TPSA) is 52.9 Å². The molecule has 1 heterocycles. The van der Waals surface area contributed by atoms with Crippen LogP contribution < -0.4 is 4.90 Å². The van der Waals surface area contributed by atoms with Gasteiger partial charge in [0.1, 0.15) is 0 Å². The van der Waals surface area contributed by atoms with E-state index in [2.05, 4.69) is 23.1 Å². The minimum atomic E-state index is -0.00560. The second-order valence-corrected chi connectivity index (χ2v) is 4.93. The first kappa shape index (κ1) is 12.0. The summed E-state index contributed by atoms with van der Waals surface area (Å²) in [7, 11) is 0. The third-order valence-electron chi connectivity index (χ3n) is 3.76. The molecule has 0 amide bonds. The second-order valence-electron chi connectivity index (χ2n) is 4.93. The maximum Gasteiger partial charge on any atom is 0.152 e. The largest absolute Gasteiger partial charge is 0.505 e. The van der Waals surface area contributed by atoms with Crippen LogP contribution in [0, 0.1) is 4.91 Å². The first-order valence-electron chi connectivity index (χ1n) is 6.62. The predicted molar refractivity (Wildman–Crippen MR) is 77.3 cm³/mol. The number of nitrogens with zero attached hydrogens (tertiary/aromatic N) is 2. The summed E-state index contributed by atoms with van der Waals surface area (Å²) in [4.78, 5) is 13.1. The molecule has 0 fully saturated rings. The van der Waals surface area contributed by atoms with Gasteiger partial charge >= 0.3 is 0 Å². The van der Waals surface area contributed by atoms with Crippen LogP contribution in [0.3, 0.4) is 0 Å². The smallest absolute Gasteiger partial charge is 0.152 e. The number of phenolic OH excluding ortho intramolecular Hbond substituents is 1. The van der Waals surface area contributed by atoms with E-state index in [4.69, 9.17) is 0 Å². The molecule has 0 unspecified atom stereocenters. The van der Waals surface area contributed by atoms with Crippen LogP contribution in [0.2, 0.25) is 0 Å². The van der Waals surface area contributed by atoms with Gasteiger partial charge in [-0.05, 0) is 29.6 Å². The molecule has 0 radical (unpaired) electrons. The average molecular weight is 256 g/mol. The van der Waals surface area contributed by atoms with E-state index in [-0.39, 0.29) is 11.4 Å². The Morgan fingerprint density at radius 3 is 3.00 bits per heavy atom. The molecule has 4 nitrogen and oxygen atoms in total. The minimum Gasteiger partial charge on any atom is -0.505 e. The number of rotatable bonds is 3. The number of phenols is 1. The van der Waals surface area contributed by atoms with Gasteiger partial charge in [0.25, 0.3) is 0 Å². The average Bonchev–Trinajstić information content (AvgIpc) is 2.44. The van der Waals surface area contributed by atoms with Crippen LogP contribution in [-0.2, 0) is 6.42 Å². The van der Waals surface area contributed by atoms with E-state index < -0.39 is 0 Å². The highest BCUT2D eigenvalue weighted by atomic mass is 16.3. The third-order valence-corrected chi connectivity index (χ3v) is 3.76. The molecule has 1 aliphatic rings. The summed E-state index contributed by atoms with van der Waals surface area (Å²) >= 11 is 0. The molecule has 0 spiro atoms. The molecule has 0 aromatic heterocycles. The fourth-order valence-corrected chi connectivity index (χ4v) is 2.91. The Morgan fingerprint density at radius 1 is 1.42 bits per heavy atom. The highest BCUT2D eigenvalue weighted by molar-refractivity contribution is 6.04. The zero-order chi connectivity index (χ0) is 13.4. The van der Waals surface area contributed by atoms with Gasteiger partial charge in [0.15, 0.2) is 11.4 Å². The maximum atomic E-state index is 10.9. The quantitative estimate of drug-likeness (QED) is 0.851. The van der Waals surface area contributed by atoms with Gasteiger partial charge in [-0.25, -0.2) is 0 Å². The van der Waals surface area contributed by atoms with Crippen LogP contribution in [0.15, 0.2) is 29.4 Å². The second kappa shape index (κ2) is 4.53. The first-order chi connectivity index (χ1) is 9.26. The van der Waals surface area contributed by atoms with Crippen LogP contribution in [0.1, 0.15) is 18.9 Å². The van der Waals surface area contributed by atoms with E-state index in [1.807, 2.05) is 12.1 Å². The van der Waals surface area contributed by atoms with Crippen molar-refractivity contribution in [3.8, 4) is 5.75 Å². The van der Waals surface area contributed by atoms with Crippen molar-refractivity contribution in [3.63, 3.8) is 0 Å². The first-order valence-corrected chi connectivity index (χ1v) is 6.62. The zero-order valence-electron chi connectivity index (χ0n) is 10.9. The van der Waals surface area contributed by atoms with E-state index in [9.17, 15) is 10.0 Å². The van der Waals surface area contributed by atoms with Crippen molar-refractivity contribution in [2.45, 2.75) is 19.8 Å². The molecular weight excluding hydrogens is 240 g/mol. The van der Waals surface area contributed by atoms with E-state index in [0.29, 0.717) is 0 Å². The number of hydrogen-bond acceptors (Lipinski definition) is 4. The predicted octanol–water partition coefficient (Wildman–Crippen LogP) is 3.72. The molecule has 3 rings (SSSR count). The number of benzene rings is 2. The van der Waals surface area contributed by atoms with Crippen LogP contribution in [-0.4, -0.2) is 18.2 Å². The Labute approximate surface area is 111 Å². The van der Waals surface area contributed by atoms with Gasteiger partial charge in [0, 0.05) is 29.5 Å². The molecule has 2 aromatic carbocycles. The minimum absolute atomic E-state index is 0.00560. The van der Waals surface area contributed by atoms with Crippen molar-refractivity contribution in [2.75, 3.05) is 18.0 Å². The van der Waals surface area contributed by atoms with Crippen molar-refractivity contribution in [2.24, 2.45) is 5.18 Å². The molecule has 2 aromatic rings. The van der Waals surface area contributed by atoms with Crippen molar-refractivity contribution in [1.82, 2.24) is 0 Å². The number of nitroso groups, excluding NO2 is 1. The highest BCUT2D eigenvalue weighted by Crippen LogP contribution is 2.44. The third kappa shape index (κ3) is 1.75. The molecular formula is C15H16N2O2. The standard InChI is InChI=1S/C15H16N2O2/c1-2-7-17-8-6-10-4-3-5-11-14(10)13(17)9-12(16-19)15(11)18/h3-5,9,18H,2,6-8H2,1H3. The summed E-state index contributed by atoms with van der Waals surface area (Å²) in [6, 6.07) is 7.57. The Bertz CT molecular complexity index is 652. The number of anilines is 1. The summed E-state index contributed by atoms with van der Waals surface area (Å²) in [5.74, 6) is -0.00560. The molecule has 0 saturated heterocycles. The molecule has 19 heavy (non-hydrogen) atoms. The van der Waals surface area contributed by atoms with Crippen LogP contribution in [0.4, 0.5) is 11.4 Å². The van der Waals surface area contributed by atoms with E-state index in [1.165, 1.54) is 5.56 Å². The Balaban J connectivity index is 2.34. The van der Waals surface area contributed by atoms with Gasteiger partial charge in [0.2, 0.25) is 0 Å². The van der Waals surface area contributed by atoms with Gasteiger partial charge in [-0.1, -0.05) is 25.1 Å². The van der Waals surface area contributed by atoms with Gasteiger partial charge in [-0.15, -0.1) is 4.91 Å². The van der Waals surface area contributed by atoms with Gasteiger partial charge in [0.05, 0.1) is 0 Å². The van der Waals surface area contributed by atoms with E-state index in [1.54, 1.807) is 6.07 Å². The summed E-state index contributed by atoms with van der Waals surface area (Å²) in [5, 5.41) is 14.9. The van der Waals surface area contributed by atoms with Crippen LogP contribution >= 0.6 is 0 Å². The van der Waals surface area contributed by atoms with E-state index >= 15 is 0 Å². The SMILES string of the molecule is CCCN1CCc2cccc3c(O)c(N=O)cc1c23. The lowest BCUT2D eigenvalue weighted by molar-refractivity contribution is 0.483. The lowest BCUT2D eigenvalue weighted by atomic mass is 9.95. The van der Waals surface area contributed by atoms with Crippen molar-refractivity contribution in [3.05, 3.63) is 34.7 Å². The summed E-state index contributed by atoms with van der Waals surface area (Å²) in [5.41, 5.74) is 2.38.